The molecule has 0 radical (unpaired) electrons. The van der Waals surface area contributed by atoms with Gasteiger partial charge >= 0.3 is 18.2 Å². The number of ketones is 1. The van der Waals surface area contributed by atoms with E-state index in [9.17, 15) is 47.9 Å². The van der Waals surface area contributed by atoms with Gasteiger partial charge in [0.15, 0.2) is 17.3 Å². The SMILES string of the molecule is COC(=O)c1c(C)[nH]c2c(OC(=O)N(C)CCN(C)C(=O)OCc3ccc(CC(=O)C(CCCCC(N)=O)NC(=O)[C@@H](CCCNC(=O)CCCN4C(=O)C=CC4=O)C(C)C)cc3)cc3c(c12)[C@H](CCl)CN3C(=O)c1cc2cc(OCCN(C)C)ccc2o1. The van der Waals surface area contributed by atoms with Crippen molar-refractivity contribution in [2.24, 2.45) is 17.6 Å². The Hall–Kier alpha value is -8.77. The molecule has 0 saturated heterocycles. The van der Waals surface area contributed by atoms with Crippen molar-refractivity contribution in [2.45, 2.75) is 97.1 Å². The fraction of sp³-hybridized carbons (Fsp3) is 0.469. The van der Waals surface area contributed by atoms with Crippen molar-refractivity contribution in [3.8, 4) is 11.5 Å². The van der Waals surface area contributed by atoms with Crippen LogP contribution >= 0.6 is 11.6 Å². The van der Waals surface area contributed by atoms with Gasteiger partial charge in [-0.3, -0.25) is 38.5 Å². The fourth-order valence-electron chi connectivity index (χ4n) is 10.7. The van der Waals surface area contributed by atoms with Crippen LogP contribution in [0.4, 0.5) is 15.3 Å². The number of Topliss-reactive ketones (excluding diaryl/α,β-unsaturated/α-hetero) is 1. The number of imide groups is 1. The third-order valence-electron chi connectivity index (χ3n) is 15.7. The van der Waals surface area contributed by atoms with E-state index in [2.05, 4.69) is 15.6 Å². The van der Waals surface area contributed by atoms with Gasteiger partial charge in [0.25, 0.3) is 17.7 Å². The standard InChI is InChI=1S/C64H80ClN9O15/c1-38(2)45(13-11-25-67-53(77)16-12-26-73-54(78)23-24-55(73)79)60(80)69-46(14-9-10-15-52(66)76)48(75)31-40-17-19-41(20-18-40)37-87-63(83)71(6)27-28-72(7)64(84)89-50-34-47-57(58-56(62(82)85-8)39(3)68-59(50)58)43(35-65)36-74(47)61(81)51-33-42-32-44(21-22-49(42)88-51)86-30-29-70(4)5/h17-24,32-34,38,43,45-46,68H,9-16,25-31,35-37H2,1-8H3,(H2,66,76)(H,67,77)(H,69,80)/t43-,45+,46?/m1/s1. The number of furan rings is 1. The minimum Gasteiger partial charge on any atom is -0.492 e. The van der Waals surface area contributed by atoms with Gasteiger partial charge < -0.3 is 64.3 Å². The van der Waals surface area contributed by atoms with Crippen LogP contribution in [-0.2, 0) is 51.3 Å². The first-order valence-electron chi connectivity index (χ1n) is 29.7. The van der Waals surface area contributed by atoms with Gasteiger partial charge in [-0.2, -0.15) is 0 Å². The van der Waals surface area contributed by atoms with Crippen molar-refractivity contribution >= 4 is 98.5 Å². The summed E-state index contributed by atoms with van der Waals surface area (Å²) in [6.07, 6.45) is 3.57. The lowest BCUT2D eigenvalue weighted by molar-refractivity contribution is -0.137. The number of nitrogens with two attached hydrogens (primary N) is 1. The van der Waals surface area contributed by atoms with E-state index >= 15 is 0 Å². The molecule has 478 valence electrons. The number of fused-ring (bicyclic) bond motifs is 4. The number of ether oxygens (including phenoxy) is 4. The minimum atomic E-state index is -0.852. The second-order valence-corrected chi connectivity index (χ2v) is 23.3. The Kier molecular flexibility index (Phi) is 23.9. The van der Waals surface area contributed by atoms with Crippen LogP contribution < -0.4 is 30.7 Å². The highest BCUT2D eigenvalue weighted by Gasteiger charge is 2.39. The number of likely N-dealkylation sites (N-methyl/N-ethyl adjacent to an activating group) is 3. The highest BCUT2D eigenvalue weighted by Crippen LogP contribution is 2.48. The van der Waals surface area contributed by atoms with Crippen molar-refractivity contribution in [1.82, 2.24) is 35.2 Å². The number of alkyl halides is 1. The molecule has 0 spiro atoms. The van der Waals surface area contributed by atoms with Gasteiger partial charge in [0.05, 0.1) is 29.9 Å². The number of carbonyl (C=O) groups is 10. The molecule has 5 aromatic rings. The van der Waals surface area contributed by atoms with Crippen LogP contribution in [0.1, 0.15) is 114 Å². The molecule has 7 rings (SSSR count). The smallest absolute Gasteiger partial charge is 0.415 e. The lowest BCUT2D eigenvalue weighted by Gasteiger charge is -2.24. The first-order valence-corrected chi connectivity index (χ1v) is 30.3. The number of methoxy groups -OCH3 is 1. The maximum absolute atomic E-state index is 14.5. The Morgan fingerprint density at radius 2 is 1.54 bits per heavy atom. The van der Waals surface area contributed by atoms with Crippen LogP contribution in [-0.4, -0.2) is 177 Å². The third-order valence-corrected chi connectivity index (χ3v) is 16.1. The van der Waals surface area contributed by atoms with Gasteiger partial charge in [-0.1, -0.05) is 44.5 Å². The van der Waals surface area contributed by atoms with Crippen molar-refractivity contribution in [3.05, 3.63) is 100 Å². The van der Waals surface area contributed by atoms with E-state index in [0.29, 0.717) is 107 Å². The molecule has 2 aliphatic heterocycles. The van der Waals surface area contributed by atoms with Crippen molar-refractivity contribution < 1.29 is 71.3 Å². The van der Waals surface area contributed by atoms with Crippen LogP contribution in [0.5, 0.6) is 11.5 Å². The molecule has 0 fully saturated rings. The zero-order valence-electron chi connectivity index (χ0n) is 51.7. The Morgan fingerprint density at radius 3 is 2.20 bits per heavy atom. The number of primary amides is 1. The van der Waals surface area contributed by atoms with E-state index < -0.39 is 59.7 Å². The molecule has 0 aliphatic carbocycles. The number of nitrogens with zero attached hydrogens (tertiary/aromatic N) is 5. The second kappa shape index (κ2) is 31.4. The summed E-state index contributed by atoms with van der Waals surface area (Å²) in [4.78, 5) is 141. The number of benzene rings is 3. The lowest BCUT2D eigenvalue weighted by atomic mass is 9.89. The van der Waals surface area contributed by atoms with Crippen LogP contribution in [0.2, 0.25) is 0 Å². The molecule has 25 heteroatoms. The Labute approximate surface area is 521 Å². The highest BCUT2D eigenvalue weighted by atomic mass is 35.5. The third kappa shape index (κ3) is 17.7. The van der Waals surface area contributed by atoms with Crippen molar-refractivity contribution in [1.29, 1.82) is 0 Å². The number of aromatic nitrogens is 1. The van der Waals surface area contributed by atoms with E-state index in [0.717, 1.165) is 4.90 Å². The number of carbonyl (C=O) groups excluding carboxylic acids is 10. The molecular weight excluding hydrogens is 1170 g/mol. The topological polar surface area (TPSA) is 303 Å². The Bertz CT molecular complexity index is 3450. The molecule has 3 atom stereocenters. The number of halogens is 1. The lowest BCUT2D eigenvalue weighted by Crippen LogP contribution is -2.45. The monoisotopic (exact) mass is 1250 g/mol. The van der Waals surface area contributed by atoms with Crippen molar-refractivity contribution in [3.63, 3.8) is 0 Å². The number of H-pyrrole nitrogens is 1. The van der Waals surface area contributed by atoms with E-state index in [4.69, 9.17) is 40.7 Å². The van der Waals surface area contributed by atoms with Gasteiger partial charge in [-0.05, 0) is 100.0 Å². The quantitative estimate of drug-likeness (QED) is 0.0144. The number of hydrogen-bond acceptors (Lipinski definition) is 16. The summed E-state index contributed by atoms with van der Waals surface area (Å²) >= 11 is 6.60. The number of amides is 8. The molecule has 5 N–H and O–H groups in total. The Morgan fingerprint density at radius 1 is 0.843 bits per heavy atom. The fourth-order valence-corrected chi connectivity index (χ4v) is 10.9. The molecule has 24 nitrogen and oxygen atoms in total. The molecule has 4 heterocycles. The molecule has 89 heavy (non-hydrogen) atoms. The summed E-state index contributed by atoms with van der Waals surface area (Å²) in [5.74, 6) is -3.43. The summed E-state index contributed by atoms with van der Waals surface area (Å²) in [5, 5.41) is 6.84. The van der Waals surface area contributed by atoms with E-state index in [1.807, 2.05) is 32.8 Å². The van der Waals surface area contributed by atoms with Crippen molar-refractivity contribution in [2.75, 3.05) is 92.0 Å². The molecule has 0 bridgehead atoms. The number of esters is 1. The normalized spacial score (nSPS) is 14.3. The first kappa shape index (κ1) is 67.7. The zero-order valence-corrected chi connectivity index (χ0v) is 52.5. The van der Waals surface area contributed by atoms with E-state index in [1.165, 1.54) is 48.1 Å². The van der Waals surface area contributed by atoms with Crippen LogP contribution in [0.25, 0.3) is 21.9 Å². The predicted octanol–water partition coefficient (Wildman–Crippen LogP) is 7.15. The van der Waals surface area contributed by atoms with Gasteiger partial charge in [-0.25, -0.2) is 14.4 Å². The Balaban J connectivity index is 0.923. The molecule has 0 saturated carbocycles. The second-order valence-electron chi connectivity index (χ2n) is 23.0. The number of anilines is 1. The number of nitrogens with one attached hydrogen (secondary N) is 3. The summed E-state index contributed by atoms with van der Waals surface area (Å²) in [7, 11) is 8.16. The van der Waals surface area contributed by atoms with Gasteiger partial charge in [0.2, 0.25) is 17.7 Å². The molecule has 8 amide bonds. The van der Waals surface area contributed by atoms with Crippen LogP contribution in [0.15, 0.2) is 71.2 Å². The minimum absolute atomic E-state index is 0.00622. The number of unbranched alkanes of at least 4 members (excludes halogenated alkanes) is 1. The molecular formula is C64H80ClN9O15. The van der Waals surface area contributed by atoms with Gasteiger partial charge in [0.1, 0.15) is 24.5 Å². The summed E-state index contributed by atoms with van der Waals surface area (Å²) in [6.45, 7) is 7.17. The van der Waals surface area contributed by atoms with Gasteiger partial charge in [0, 0.05) is 125 Å². The van der Waals surface area contributed by atoms with Crippen LogP contribution in [0, 0.1) is 18.8 Å². The maximum Gasteiger partial charge on any atom is 0.415 e. The van der Waals surface area contributed by atoms with Gasteiger partial charge in [-0.15, -0.1) is 11.6 Å². The highest BCUT2D eigenvalue weighted by molar-refractivity contribution is 6.20. The average Bonchev–Trinajstić information content (AvgIpc) is 1.59. The van der Waals surface area contributed by atoms with E-state index in [1.54, 1.807) is 61.5 Å². The average molecular weight is 1250 g/mol. The predicted molar refractivity (Wildman–Crippen MR) is 332 cm³/mol. The molecule has 2 aromatic heterocycles. The van der Waals surface area contributed by atoms with E-state index in [-0.39, 0.29) is 105 Å². The zero-order chi connectivity index (χ0) is 64.6. The first-order chi connectivity index (χ1) is 42.5. The summed E-state index contributed by atoms with van der Waals surface area (Å²) in [5.41, 5.74) is 9.00. The number of aromatic amines is 1. The van der Waals surface area contributed by atoms with Crippen LogP contribution in [0.3, 0.4) is 0 Å². The number of aryl methyl sites for hydroxylation is 1. The maximum atomic E-state index is 14.5. The number of rotatable bonds is 32. The number of hydrogen-bond donors (Lipinski definition) is 4. The molecule has 2 aliphatic rings. The summed E-state index contributed by atoms with van der Waals surface area (Å²) in [6, 6.07) is 14.5. The molecule has 1 unspecified atom stereocenters. The largest absolute Gasteiger partial charge is 0.492 e. The molecule has 3 aromatic carbocycles. The summed E-state index contributed by atoms with van der Waals surface area (Å²) < 4.78 is 28.8.